The van der Waals surface area contributed by atoms with Gasteiger partial charge >= 0.3 is 11.9 Å². The summed E-state index contributed by atoms with van der Waals surface area (Å²) in [7, 11) is 0. The summed E-state index contributed by atoms with van der Waals surface area (Å²) in [6.07, 6.45) is 23.1. The summed E-state index contributed by atoms with van der Waals surface area (Å²) in [5.41, 5.74) is 7.50. The number of carbonyl (C=O) groups excluding carboxylic acids is 2. The Kier molecular flexibility index (Phi) is 18.2. The Morgan fingerprint density at radius 3 is 1.14 bits per heavy atom. The highest BCUT2D eigenvalue weighted by Crippen LogP contribution is 2.48. The van der Waals surface area contributed by atoms with Gasteiger partial charge in [-0.2, -0.15) is 0 Å². The van der Waals surface area contributed by atoms with Crippen molar-refractivity contribution in [1.82, 2.24) is 19.9 Å². The van der Waals surface area contributed by atoms with E-state index in [4.69, 9.17) is 28.4 Å². The fourth-order valence-electron chi connectivity index (χ4n) is 11.9. The van der Waals surface area contributed by atoms with Crippen molar-refractivity contribution in [2.24, 2.45) is 5.41 Å². The molecule has 0 bridgehead atoms. The number of fused-ring (bicyclic) bond motifs is 6. The minimum Gasteiger partial charge on any atom is -0.494 e. The van der Waals surface area contributed by atoms with Crippen LogP contribution in [0.3, 0.4) is 0 Å². The maximum atomic E-state index is 14.3. The van der Waals surface area contributed by atoms with Gasteiger partial charge in [0.25, 0.3) is 0 Å². The lowest BCUT2D eigenvalue weighted by atomic mass is 9.73. The van der Waals surface area contributed by atoms with Crippen molar-refractivity contribution < 1.29 is 38.0 Å². The zero-order chi connectivity index (χ0) is 59.4. The Labute approximate surface area is 508 Å². The average Bonchev–Trinajstić information content (AvgIpc) is 1.29. The molecular formula is C75H72N4O8. The molecule has 2 aromatic heterocycles. The second kappa shape index (κ2) is 27.3. The number of esters is 2. The Morgan fingerprint density at radius 1 is 0.402 bits per heavy atom. The summed E-state index contributed by atoms with van der Waals surface area (Å²) in [4.78, 5) is 47.3. The molecule has 1 spiro atoms. The lowest BCUT2D eigenvalue weighted by Gasteiger charge is -2.42. The van der Waals surface area contributed by atoms with Gasteiger partial charge in [-0.05, 0) is 144 Å². The topological polar surface area (TPSA) is 141 Å². The third-order valence-corrected chi connectivity index (χ3v) is 16.6. The minimum atomic E-state index is -0.502. The van der Waals surface area contributed by atoms with Crippen LogP contribution in [0.5, 0.6) is 34.5 Å². The molecule has 0 radical (unpaired) electrons. The van der Waals surface area contributed by atoms with E-state index in [-0.39, 0.29) is 0 Å². The van der Waals surface area contributed by atoms with E-state index in [1.807, 2.05) is 158 Å². The molecule has 0 unspecified atom stereocenters. The number of ether oxygens (including phenoxy) is 6. The first-order chi connectivity index (χ1) is 42.8. The summed E-state index contributed by atoms with van der Waals surface area (Å²) >= 11 is 0. The monoisotopic (exact) mass is 1160 g/mol. The van der Waals surface area contributed by atoms with E-state index in [9.17, 15) is 9.59 Å². The molecule has 0 aliphatic carbocycles. The summed E-state index contributed by atoms with van der Waals surface area (Å²) in [5.74, 6) is 4.12. The lowest BCUT2D eigenvalue weighted by molar-refractivity contribution is 0.0496. The Morgan fingerprint density at radius 2 is 0.747 bits per heavy atom. The van der Waals surface area contributed by atoms with Gasteiger partial charge in [0.15, 0.2) is 11.6 Å². The van der Waals surface area contributed by atoms with Crippen LogP contribution in [0.15, 0.2) is 183 Å². The number of hydrogen-bond acceptors (Lipinski definition) is 12. The number of aromatic nitrogens is 4. The largest absolute Gasteiger partial charge is 0.494 e. The minimum absolute atomic E-state index is 0.376. The van der Waals surface area contributed by atoms with Gasteiger partial charge < -0.3 is 28.4 Å². The molecule has 0 saturated heterocycles. The van der Waals surface area contributed by atoms with Crippen molar-refractivity contribution in [3.05, 3.63) is 205 Å². The molecule has 12 heteroatoms. The molecule has 8 aromatic carbocycles. The molecule has 4 heterocycles. The summed E-state index contributed by atoms with van der Waals surface area (Å²) in [6.45, 7) is 6.67. The van der Waals surface area contributed by atoms with Crippen molar-refractivity contribution in [3.63, 3.8) is 0 Å². The van der Waals surface area contributed by atoms with E-state index in [2.05, 4.69) is 33.8 Å². The predicted octanol–water partition coefficient (Wildman–Crippen LogP) is 17.7. The van der Waals surface area contributed by atoms with E-state index >= 15 is 0 Å². The van der Waals surface area contributed by atoms with Gasteiger partial charge in [-0.1, -0.05) is 151 Å². The standard InChI is InChI=1S/C75H72N4O8/c1-3-5-7-9-11-17-39-82-59-31-23-51(24-32-59)57-45-76-71(77-46-57)53-27-35-61(36-28-53)86-73(80)67-41-55-43-75(49-84-69(55)65-21-15-13-19-63(65)67)44-56-42-68(64-20-14-16-22-66(64)70(56)85-50-75)74(81)87-62-37-29-54(30-38-62)72-78-47-58(48-79-72)52-25-33-60(34-26-52)83-40-18-12-10-8-6-4-2/h13-16,19-38,41-42,45-48H,3-12,17-18,39-40,43-44,49-50H2,1-2H3. The van der Waals surface area contributed by atoms with Gasteiger partial charge in [0.05, 0.1) is 37.6 Å². The van der Waals surface area contributed by atoms with Gasteiger partial charge in [-0.15, -0.1) is 0 Å². The number of nitrogens with zero attached hydrogens (tertiary/aromatic N) is 4. The lowest BCUT2D eigenvalue weighted by Crippen LogP contribution is -2.44. The highest BCUT2D eigenvalue weighted by atomic mass is 16.5. The highest BCUT2D eigenvalue weighted by Gasteiger charge is 2.42. The fraction of sp³-hybridized carbons (Fsp3) is 0.280. The second-order valence-corrected chi connectivity index (χ2v) is 23.0. The van der Waals surface area contributed by atoms with Crippen molar-refractivity contribution >= 4 is 33.5 Å². The van der Waals surface area contributed by atoms with E-state index in [0.29, 0.717) is 60.3 Å². The zero-order valence-corrected chi connectivity index (χ0v) is 49.6. The molecule has 10 aromatic rings. The Bertz CT molecular complexity index is 3720. The summed E-state index contributed by atoms with van der Waals surface area (Å²) < 4.78 is 37.5. The van der Waals surface area contributed by atoms with E-state index in [1.54, 1.807) is 24.3 Å². The normalized spacial score (nSPS) is 13.1. The molecule has 0 atom stereocenters. The maximum absolute atomic E-state index is 14.3. The van der Waals surface area contributed by atoms with E-state index < -0.39 is 17.4 Å². The third-order valence-electron chi connectivity index (χ3n) is 16.6. The number of hydrogen-bond donors (Lipinski definition) is 0. The van der Waals surface area contributed by atoms with E-state index in [0.717, 1.165) is 115 Å². The van der Waals surface area contributed by atoms with Crippen LogP contribution >= 0.6 is 0 Å². The first-order valence-electron chi connectivity index (χ1n) is 30.9. The van der Waals surface area contributed by atoms with Crippen LogP contribution in [0, 0.1) is 5.41 Å². The second-order valence-electron chi connectivity index (χ2n) is 23.0. The highest BCUT2D eigenvalue weighted by molar-refractivity contribution is 6.09. The predicted molar refractivity (Wildman–Crippen MR) is 342 cm³/mol. The molecule has 0 amide bonds. The van der Waals surface area contributed by atoms with Gasteiger partial charge in [-0.3, -0.25) is 0 Å². The average molecular weight is 1160 g/mol. The molecule has 2 aliphatic heterocycles. The molecule has 0 fully saturated rings. The molecule has 12 rings (SSSR count). The summed E-state index contributed by atoms with van der Waals surface area (Å²) in [6, 6.07) is 49.9. The molecular weight excluding hydrogens is 1080 g/mol. The smallest absolute Gasteiger partial charge is 0.344 e. The van der Waals surface area contributed by atoms with Crippen LogP contribution in [0.4, 0.5) is 0 Å². The first kappa shape index (κ1) is 58.0. The van der Waals surface area contributed by atoms with Gasteiger partial charge in [0.2, 0.25) is 0 Å². The third kappa shape index (κ3) is 13.7. The number of carbonyl (C=O) groups is 2. The van der Waals surface area contributed by atoms with Crippen LogP contribution < -0.4 is 28.4 Å². The van der Waals surface area contributed by atoms with Gasteiger partial charge in [0, 0.05) is 63.2 Å². The van der Waals surface area contributed by atoms with Crippen molar-refractivity contribution in [2.45, 2.75) is 104 Å². The SMILES string of the molecule is CCCCCCCCOc1ccc(-c2cnc(-c3ccc(OC(=O)c4cc5c(c6ccccc46)OCC4(COc6c(cc(C(=O)Oc7ccc(-c8ncc(-c9ccc(OCCCCCCCC)cc9)cn8)cc7)c7ccccc67)C4)C5)cc3)nc2)cc1. The number of benzene rings is 8. The van der Waals surface area contributed by atoms with Gasteiger partial charge in [0.1, 0.15) is 34.5 Å². The molecule has 2 aliphatic rings. The van der Waals surface area contributed by atoms with E-state index in [1.165, 1.54) is 64.2 Å². The Hall–Kier alpha value is -9.42. The molecule has 0 N–H and O–H groups in total. The van der Waals surface area contributed by atoms with Crippen LogP contribution in [0.25, 0.3) is 66.6 Å². The zero-order valence-electron chi connectivity index (χ0n) is 49.6. The Balaban J connectivity index is 0.686. The number of rotatable bonds is 24. The molecule has 12 nitrogen and oxygen atoms in total. The van der Waals surface area contributed by atoms with Crippen molar-refractivity contribution in [1.29, 1.82) is 0 Å². The number of unbranched alkanes of at least 4 members (excludes halogenated alkanes) is 10. The first-order valence-corrected chi connectivity index (χ1v) is 30.9. The molecule has 87 heavy (non-hydrogen) atoms. The van der Waals surface area contributed by atoms with Crippen LogP contribution in [0.2, 0.25) is 0 Å². The van der Waals surface area contributed by atoms with Crippen LogP contribution in [-0.2, 0) is 12.8 Å². The van der Waals surface area contributed by atoms with Crippen LogP contribution in [0.1, 0.15) is 123 Å². The molecule has 0 saturated carbocycles. The van der Waals surface area contributed by atoms with Crippen molar-refractivity contribution in [2.75, 3.05) is 26.4 Å². The van der Waals surface area contributed by atoms with Gasteiger partial charge in [-0.25, -0.2) is 29.5 Å². The summed E-state index contributed by atoms with van der Waals surface area (Å²) in [5, 5.41) is 3.12. The molecule has 440 valence electrons. The maximum Gasteiger partial charge on any atom is 0.344 e. The van der Waals surface area contributed by atoms with Crippen molar-refractivity contribution in [3.8, 4) is 79.5 Å². The van der Waals surface area contributed by atoms with Crippen LogP contribution in [-0.4, -0.2) is 58.3 Å². The quantitative estimate of drug-likeness (QED) is 0.0323. The fourth-order valence-corrected chi connectivity index (χ4v) is 11.9.